The molecule has 1 aromatic heterocycles. The van der Waals surface area contributed by atoms with Crippen LogP contribution >= 0.6 is 11.6 Å². The third-order valence-electron chi connectivity index (χ3n) is 4.38. The maximum atomic E-state index is 12.8. The predicted octanol–water partition coefficient (Wildman–Crippen LogP) is 3.62. The maximum Gasteiger partial charge on any atom is 0.270 e. The van der Waals surface area contributed by atoms with Gasteiger partial charge in [0.1, 0.15) is 12.3 Å². The molecule has 0 N–H and O–H groups in total. The van der Waals surface area contributed by atoms with Crippen LogP contribution in [-0.4, -0.2) is 22.7 Å². The second kappa shape index (κ2) is 8.85. The number of hydrogen-bond acceptors (Lipinski definition) is 4. The van der Waals surface area contributed by atoms with Crippen molar-refractivity contribution in [1.29, 1.82) is 0 Å². The summed E-state index contributed by atoms with van der Waals surface area (Å²) in [6, 6.07) is 16.4. The Morgan fingerprint density at radius 2 is 1.82 bits per heavy atom. The zero-order valence-corrected chi connectivity index (χ0v) is 16.6. The summed E-state index contributed by atoms with van der Waals surface area (Å²) < 4.78 is 6.62. The molecule has 0 atom stereocenters. The van der Waals surface area contributed by atoms with Gasteiger partial charge in [-0.05, 0) is 42.3 Å². The number of carbonyl (C=O) groups excluding carboxylic acids is 1. The van der Waals surface area contributed by atoms with E-state index in [1.165, 1.54) is 4.68 Å². The minimum Gasteiger partial charge on any atom is -0.496 e. The topological polar surface area (TPSA) is 61.2 Å². The van der Waals surface area contributed by atoms with Crippen molar-refractivity contribution >= 4 is 17.4 Å². The van der Waals surface area contributed by atoms with E-state index in [0.717, 1.165) is 16.9 Å². The zero-order valence-electron chi connectivity index (χ0n) is 15.8. The number of hydrogen-bond donors (Lipinski definition) is 0. The van der Waals surface area contributed by atoms with Gasteiger partial charge in [-0.2, -0.15) is 5.10 Å². The molecule has 0 radical (unpaired) electrons. The molecule has 0 spiro atoms. The van der Waals surface area contributed by atoms with Crippen LogP contribution in [0.2, 0.25) is 5.02 Å². The molecule has 0 fully saturated rings. The van der Waals surface area contributed by atoms with Gasteiger partial charge in [0.05, 0.1) is 12.8 Å². The van der Waals surface area contributed by atoms with Crippen LogP contribution in [0.5, 0.6) is 5.75 Å². The Bertz CT molecular complexity index is 1040. The molecule has 1 heterocycles. The Hall–Kier alpha value is -2.92. The highest BCUT2D eigenvalue weighted by Gasteiger charge is 2.13. The van der Waals surface area contributed by atoms with Crippen molar-refractivity contribution in [2.24, 2.45) is 0 Å². The molecule has 0 aliphatic carbocycles. The first-order chi connectivity index (χ1) is 13.5. The number of para-hydroxylation sites is 1. The Labute approximate surface area is 168 Å². The van der Waals surface area contributed by atoms with Crippen molar-refractivity contribution in [1.82, 2.24) is 9.78 Å². The molecule has 3 aromatic rings. The van der Waals surface area contributed by atoms with Crippen molar-refractivity contribution < 1.29 is 9.53 Å². The van der Waals surface area contributed by atoms with Crippen LogP contribution in [0.25, 0.3) is 0 Å². The number of Topliss-reactive ketones (excluding diaryl/α,β-unsaturated/α-hetero) is 1. The van der Waals surface area contributed by atoms with Gasteiger partial charge in [0, 0.05) is 23.4 Å². The number of ether oxygens (including phenoxy) is 1. The SMILES string of the molecule is COc1ccccc1Cc1cc(C)nn(CC(=O)Cc2ccc(Cl)cc2)c1=O. The summed E-state index contributed by atoms with van der Waals surface area (Å²) in [5.41, 5.74) is 2.76. The first kappa shape index (κ1) is 19.8. The quantitative estimate of drug-likeness (QED) is 0.612. The summed E-state index contributed by atoms with van der Waals surface area (Å²) in [4.78, 5) is 25.3. The summed E-state index contributed by atoms with van der Waals surface area (Å²) in [5, 5.41) is 4.86. The highest BCUT2D eigenvalue weighted by atomic mass is 35.5. The monoisotopic (exact) mass is 396 g/mol. The average Bonchev–Trinajstić information content (AvgIpc) is 2.67. The van der Waals surface area contributed by atoms with E-state index in [-0.39, 0.29) is 24.3 Å². The predicted molar refractivity (Wildman–Crippen MR) is 109 cm³/mol. The molecule has 0 unspecified atom stereocenters. The van der Waals surface area contributed by atoms with Crippen LogP contribution in [0.3, 0.4) is 0 Å². The van der Waals surface area contributed by atoms with Crippen molar-refractivity contribution in [2.45, 2.75) is 26.3 Å². The fourth-order valence-corrected chi connectivity index (χ4v) is 3.21. The van der Waals surface area contributed by atoms with Gasteiger partial charge in [0.15, 0.2) is 5.78 Å². The molecule has 0 aliphatic heterocycles. The molecule has 0 saturated carbocycles. The minimum absolute atomic E-state index is 0.0674. The van der Waals surface area contributed by atoms with Crippen molar-refractivity contribution in [3.05, 3.63) is 92.4 Å². The van der Waals surface area contributed by atoms with Crippen LogP contribution in [0, 0.1) is 6.92 Å². The molecule has 144 valence electrons. The van der Waals surface area contributed by atoms with Crippen molar-refractivity contribution in [2.75, 3.05) is 7.11 Å². The van der Waals surface area contributed by atoms with E-state index in [2.05, 4.69) is 5.10 Å². The number of aryl methyl sites for hydroxylation is 1. The third kappa shape index (κ3) is 4.87. The van der Waals surface area contributed by atoms with E-state index in [9.17, 15) is 9.59 Å². The van der Waals surface area contributed by atoms with E-state index in [0.29, 0.717) is 22.7 Å². The molecule has 0 saturated heterocycles. The zero-order chi connectivity index (χ0) is 20.1. The molecule has 28 heavy (non-hydrogen) atoms. The van der Waals surface area contributed by atoms with E-state index in [1.807, 2.05) is 31.2 Å². The standard InChI is InChI=1S/C22H21ClN2O3/c1-15-11-18(13-17-5-3-4-6-21(17)28-2)22(27)25(24-15)14-20(26)12-16-7-9-19(23)10-8-16/h3-11H,12-14H2,1-2H3. The number of carbonyl (C=O) groups is 1. The molecular formula is C22H21ClN2O3. The van der Waals surface area contributed by atoms with E-state index in [1.54, 1.807) is 37.4 Å². The highest BCUT2D eigenvalue weighted by molar-refractivity contribution is 6.30. The Morgan fingerprint density at radius 3 is 2.54 bits per heavy atom. The van der Waals surface area contributed by atoms with Gasteiger partial charge in [-0.25, -0.2) is 4.68 Å². The fraction of sp³-hybridized carbons (Fsp3) is 0.227. The normalized spacial score (nSPS) is 10.7. The summed E-state index contributed by atoms with van der Waals surface area (Å²) >= 11 is 5.87. The van der Waals surface area contributed by atoms with Gasteiger partial charge in [0.2, 0.25) is 0 Å². The lowest BCUT2D eigenvalue weighted by molar-refractivity contribution is -0.119. The number of nitrogens with zero attached hydrogens (tertiary/aromatic N) is 2. The lowest BCUT2D eigenvalue weighted by Crippen LogP contribution is -2.30. The number of rotatable bonds is 7. The molecule has 0 amide bonds. The van der Waals surface area contributed by atoms with Gasteiger partial charge >= 0.3 is 0 Å². The van der Waals surface area contributed by atoms with Crippen LogP contribution in [0.1, 0.15) is 22.4 Å². The van der Waals surface area contributed by atoms with Gasteiger partial charge in [0.25, 0.3) is 5.56 Å². The van der Waals surface area contributed by atoms with Crippen LogP contribution < -0.4 is 10.3 Å². The highest BCUT2D eigenvalue weighted by Crippen LogP contribution is 2.20. The number of methoxy groups -OCH3 is 1. The molecule has 2 aromatic carbocycles. The van der Waals surface area contributed by atoms with Gasteiger partial charge in [-0.15, -0.1) is 0 Å². The molecule has 5 nitrogen and oxygen atoms in total. The van der Waals surface area contributed by atoms with Gasteiger partial charge < -0.3 is 4.74 Å². The summed E-state index contributed by atoms with van der Waals surface area (Å²) in [7, 11) is 1.60. The smallest absolute Gasteiger partial charge is 0.270 e. The summed E-state index contributed by atoms with van der Waals surface area (Å²) in [5.74, 6) is 0.632. The molecule has 3 rings (SSSR count). The number of benzene rings is 2. The Kier molecular flexibility index (Phi) is 6.26. The molecule has 0 bridgehead atoms. The van der Waals surface area contributed by atoms with Crippen LogP contribution in [0.4, 0.5) is 0 Å². The number of halogens is 1. The van der Waals surface area contributed by atoms with E-state index < -0.39 is 0 Å². The lowest BCUT2D eigenvalue weighted by Gasteiger charge is -2.11. The first-order valence-electron chi connectivity index (χ1n) is 8.92. The fourth-order valence-electron chi connectivity index (χ4n) is 3.09. The summed E-state index contributed by atoms with van der Waals surface area (Å²) in [6.07, 6.45) is 0.638. The largest absolute Gasteiger partial charge is 0.496 e. The molecule has 6 heteroatoms. The van der Waals surface area contributed by atoms with Crippen molar-refractivity contribution in [3.8, 4) is 5.75 Å². The Balaban J connectivity index is 1.81. The second-order valence-electron chi connectivity index (χ2n) is 6.60. The van der Waals surface area contributed by atoms with Crippen LogP contribution in [-0.2, 0) is 24.2 Å². The van der Waals surface area contributed by atoms with Crippen molar-refractivity contribution in [3.63, 3.8) is 0 Å². The van der Waals surface area contributed by atoms with E-state index in [4.69, 9.17) is 16.3 Å². The minimum atomic E-state index is -0.263. The molecule has 0 aliphatic rings. The molecular weight excluding hydrogens is 376 g/mol. The second-order valence-corrected chi connectivity index (χ2v) is 7.04. The lowest BCUT2D eigenvalue weighted by atomic mass is 10.0. The number of aromatic nitrogens is 2. The van der Waals surface area contributed by atoms with Crippen LogP contribution in [0.15, 0.2) is 59.4 Å². The van der Waals surface area contributed by atoms with Gasteiger partial charge in [-0.3, -0.25) is 9.59 Å². The third-order valence-corrected chi connectivity index (χ3v) is 4.64. The summed E-state index contributed by atoms with van der Waals surface area (Å²) in [6.45, 7) is 1.74. The average molecular weight is 397 g/mol. The maximum absolute atomic E-state index is 12.8. The Morgan fingerprint density at radius 1 is 1.11 bits per heavy atom. The first-order valence-corrected chi connectivity index (χ1v) is 9.29. The number of ketones is 1. The van der Waals surface area contributed by atoms with Gasteiger partial charge in [-0.1, -0.05) is 41.9 Å². The van der Waals surface area contributed by atoms with E-state index >= 15 is 0 Å².